The number of aliphatic carboxylic acids is 1. The lowest BCUT2D eigenvalue weighted by Crippen LogP contribution is -2.04. The van der Waals surface area contributed by atoms with Crippen LogP contribution in [-0.4, -0.2) is 27.1 Å². The lowest BCUT2D eigenvalue weighted by Gasteiger charge is -2.20. The van der Waals surface area contributed by atoms with Crippen molar-refractivity contribution in [3.63, 3.8) is 0 Å². The monoisotopic (exact) mass is 406 g/mol. The molecule has 0 atom stereocenters. The Bertz CT molecular complexity index is 1110. The number of pyridine rings is 1. The molecule has 0 aliphatic carbocycles. The van der Waals surface area contributed by atoms with Gasteiger partial charge in [0.2, 0.25) is 0 Å². The summed E-state index contributed by atoms with van der Waals surface area (Å²) >= 11 is 0. The van der Waals surface area contributed by atoms with Gasteiger partial charge in [0.05, 0.1) is 18.5 Å². The maximum absolute atomic E-state index is 11.1. The number of carboxylic acids is 1. The van der Waals surface area contributed by atoms with Gasteiger partial charge in [-0.2, -0.15) is 0 Å². The molecule has 158 valence electrons. The fourth-order valence-corrected chi connectivity index (χ4v) is 3.61. The highest BCUT2D eigenvalue weighted by Gasteiger charge is 2.20. The SMILES string of the molecule is CCOc1c(-c2cnc3ccc(C(C)=CC(=O)O)cn23)cc(C(C)C)cc1C(C)C. The molecule has 3 rings (SSSR count). The average molecular weight is 407 g/mol. The topological polar surface area (TPSA) is 63.8 Å². The number of hydrogen-bond acceptors (Lipinski definition) is 3. The minimum Gasteiger partial charge on any atom is -0.493 e. The third-order valence-electron chi connectivity index (χ3n) is 5.29. The predicted octanol–water partition coefficient (Wildman–Crippen LogP) is 6.13. The first-order valence-corrected chi connectivity index (χ1v) is 10.4. The van der Waals surface area contributed by atoms with E-state index in [-0.39, 0.29) is 0 Å². The van der Waals surface area contributed by atoms with Crippen LogP contribution >= 0.6 is 0 Å². The van der Waals surface area contributed by atoms with E-state index < -0.39 is 5.97 Å². The second kappa shape index (κ2) is 8.74. The van der Waals surface area contributed by atoms with E-state index in [0.717, 1.165) is 28.2 Å². The van der Waals surface area contributed by atoms with Crippen LogP contribution in [0.3, 0.4) is 0 Å². The van der Waals surface area contributed by atoms with E-state index in [1.54, 1.807) is 6.92 Å². The Hall–Kier alpha value is -3.08. The van der Waals surface area contributed by atoms with Crippen LogP contribution in [0.15, 0.2) is 42.7 Å². The highest BCUT2D eigenvalue weighted by Crippen LogP contribution is 2.40. The predicted molar refractivity (Wildman–Crippen MR) is 121 cm³/mol. The molecule has 0 bridgehead atoms. The minimum atomic E-state index is -0.955. The van der Waals surface area contributed by atoms with Gasteiger partial charge in [-0.1, -0.05) is 33.8 Å². The van der Waals surface area contributed by atoms with Crippen molar-refractivity contribution in [1.82, 2.24) is 9.38 Å². The molecule has 1 N–H and O–H groups in total. The van der Waals surface area contributed by atoms with E-state index in [1.807, 2.05) is 35.9 Å². The molecule has 0 spiro atoms. The first-order valence-electron chi connectivity index (χ1n) is 10.4. The standard InChI is InChI=1S/C25H30N2O3/c1-7-30-25-20(16(4)5)11-19(15(2)3)12-21(25)22-13-26-23-9-8-18(14-27(22)23)17(6)10-24(28)29/h8-16H,7H2,1-6H3,(H,28,29). The van der Waals surface area contributed by atoms with Crippen molar-refractivity contribution in [2.24, 2.45) is 0 Å². The second-order valence-electron chi connectivity index (χ2n) is 8.18. The number of ether oxygens (including phenoxy) is 1. The van der Waals surface area contributed by atoms with Gasteiger partial charge in [-0.05, 0) is 66.1 Å². The number of hydrogen-bond donors (Lipinski definition) is 1. The molecule has 5 heteroatoms. The molecule has 30 heavy (non-hydrogen) atoms. The Morgan fingerprint density at radius 2 is 1.93 bits per heavy atom. The van der Waals surface area contributed by atoms with Crippen LogP contribution in [0.4, 0.5) is 0 Å². The number of benzene rings is 1. The van der Waals surface area contributed by atoms with Crippen LogP contribution in [0.5, 0.6) is 5.75 Å². The van der Waals surface area contributed by atoms with Crippen molar-refractivity contribution < 1.29 is 14.6 Å². The van der Waals surface area contributed by atoms with E-state index in [4.69, 9.17) is 9.84 Å². The van der Waals surface area contributed by atoms with Crippen molar-refractivity contribution in [3.05, 3.63) is 59.4 Å². The highest BCUT2D eigenvalue weighted by molar-refractivity contribution is 5.89. The van der Waals surface area contributed by atoms with Gasteiger partial charge < -0.3 is 9.84 Å². The number of rotatable bonds is 7. The molecule has 1 aromatic carbocycles. The summed E-state index contributed by atoms with van der Waals surface area (Å²) in [6.45, 7) is 13.1. The van der Waals surface area contributed by atoms with Gasteiger partial charge in [-0.3, -0.25) is 4.40 Å². The molecule has 5 nitrogen and oxygen atoms in total. The number of aromatic nitrogens is 2. The van der Waals surface area contributed by atoms with E-state index in [1.165, 1.54) is 17.2 Å². The Labute approximate surface area is 178 Å². The molecule has 0 amide bonds. The zero-order valence-electron chi connectivity index (χ0n) is 18.6. The maximum atomic E-state index is 11.1. The van der Waals surface area contributed by atoms with E-state index in [2.05, 4.69) is 44.8 Å². The third kappa shape index (κ3) is 4.25. The summed E-state index contributed by atoms with van der Waals surface area (Å²) in [4.78, 5) is 15.7. The molecule has 0 unspecified atom stereocenters. The first kappa shape index (κ1) is 21.6. The Kier molecular flexibility index (Phi) is 6.30. The molecule has 3 aromatic rings. The van der Waals surface area contributed by atoms with Crippen LogP contribution in [0.2, 0.25) is 0 Å². The summed E-state index contributed by atoms with van der Waals surface area (Å²) in [7, 11) is 0. The minimum absolute atomic E-state index is 0.319. The van der Waals surface area contributed by atoms with Crippen LogP contribution in [0, 0.1) is 0 Å². The Morgan fingerprint density at radius 3 is 2.53 bits per heavy atom. The summed E-state index contributed by atoms with van der Waals surface area (Å²) in [5.41, 5.74) is 6.72. The summed E-state index contributed by atoms with van der Waals surface area (Å²) in [6.07, 6.45) is 5.03. The van der Waals surface area contributed by atoms with Gasteiger partial charge in [0.15, 0.2) is 0 Å². The summed E-state index contributed by atoms with van der Waals surface area (Å²) in [5.74, 6) is 0.636. The smallest absolute Gasteiger partial charge is 0.328 e. The second-order valence-corrected chi connectivity index (χ2v) is 8.18. The zero-order chi connectivity index (χ0) is 22.0. The van der Waals surface area contributed by atoms with Gasteiger partial charge in [-0.25, -0.2) is 9.78 Å². The van der Waals surface area contributed by atoms with Crippen LogP contribution < -0.4 is 4.74 Å². The molecule has 0 aliphatic heterocycles. The van der Waals surface area contributed by atoms with Crippen molar-refractivity contribution in [1.29, 1.82) is 0 Å². The van der Waals surface area contributed by atoms with Gasteiger partial charge in [0, 0.05) is 17.8 Å². The fourth-order valence-electron chi connectivity index (χ4n) is 3.61. The molecule has 0 fully saturated rings. The normalized spacial score (nSPS) is 12.2. The number of carbonyl (C=O) groups is 1. The number of nitrogens with zero attached hydrogens (tertiary/aromatic N) is 2. The third-order valence-corrected chi connectivity index (χ3v) is 5.29. The summed E-state index contributed by atoms with van der Waals surface area (Å²) < 4.78 is 8.15. The lowest BCUT2D eigenvalue weighted by atomic mass is 9.91. The molecule has 2 aromatic heterocycles. The number of carboxylic acid groups (broad SMARTS) is 1. The first-order chi connectivity index (χ1) is 14.2. The van der Waals surface area contributed by atoms with Gasteiger partial charge >= 0.3 is 5.97 Å². The van der Waals surface area contributed by atoms with Gasteiger partial charge in [0.25, 0.3) is 0 Å². The Morgan fingerprint density at radius 1 is 1.20 bits per heavy atom. The summed E-state index contributed by atoms with van der Waals surface area (Å²) in [5, 5.41) is 9.10. The van der Waals surface area contributed by atoms with Gasteiger partial charge in [-0.15, -0.1) is 0 Å². The molecule has 0 saturated carbocycles. The average Bonchev–Trinajstić information content (AvgIpc) is 3.10. The van der Waals surface area contributed by atoms with Crippen molar-refractivity contribution >= 4 is 17.2 Å². The largest absolute Gasteiger partial charge is 0.493 e. The fraction of sp³-hybridized carbons (Fsp3) is 0.360. The quantitative estimate of drug-likeness (QED) is 0.479. The van der Waals surface area contributed by atoms with Crippen molar-refractivity contribution in [2.75, 3.05) is 6.61 Å². The molecular formula is C25H30N2O3. The van der Waals surface area contributed by atoms with E-state index in [0.29, 0.717) is 24.0 Å². The Balaban J connectivity index is 2.29. The number of imidazole rings is 1. The molecule has 0 saturated heterocycles. The highest BCUT2D eigenvalue weighted by atomic mass is 16.5. The van der Waals surface area contributed by atoms with E-state index in [9.17, 15) is 4.79 Å². The van der Waals surface area contributed by atoms with Crippen LogP contribution in [0.1, 0.15) is 70.1 Å². The zero-order valence-corrected chi connectivity index (χ0v) is 18.6. The van der Waals surface area contributed by atoms with Crippen LogP contribution in [-0.2, 0) is 4.79 Å². The molecular weight excluding hydrogens is 376 g/mol. The maximum Gasteiger partial charge on any atom is 0.328 e. The molecule has 0 radical (unpaired) electrons. The molecule has 0 aliphatic rings. The molecule has 2 heterocycles. The number of fused-ring (bicyclic) bond motifs is 1. The summed E-state index contributed by atoms with van der Waals surface area (Å²) in [6, 6.07) is 8.25. The van der Waals surface area contributed by atoms with Crippen molar-refractivity contribution in [2.45, 2.75) is 53.4 Å². The van der Waals surface area contributed by atoms with Crippen LogP contribution in [0.25, 0.3) is 22.5 Å². The van der Waals surface area contributed by atoms with Crippen molar-refractivity contribution in [3.8, 4) is 17.0 Å². The number of allylic oxidation sites excluding steroid dienone is 1. The van der Waals surface area contributed by atoms with Gasteiger partial charge in [0.1, 0.15) is 11.4 Å². The lowest BCUT2D eigenvalue weighted by molar-refractivity contribution is -0.131. The van der Waals surface area contributed by atoms with E-state index >= 15 is 0 Å².